The van der Waals surface area contributed by atoms with Crippen LogP contribution in [-0.4, -0.2) is 0 Å². The van der Waals surface area contributed by atoms with Gasteiger partial charge in [0.15, 0.2) is 0 Å². The molecule has 1 aromatic carbocycles. The predicted octanol–water partition coefficient (Wildman–Crippen LogP) is 2.46. The van der Waals surface area contributed by atoms with Gasteiger partial charge in [0.1, 0.15) is 11.6 Å². The van der Waals surface area contributed by atoms with Gasteiger partial charge in [0.25, 0.3) is 0 Å². The molecule has 0 aromatic heterocycles. The summed E-state index contributed by atoms with van der Waals surface area (Å²) in [5.74, 6) is -1.17. The van der Waals surface area contributed by atoms with E-state index >= 15 is 0 Å². The van der Waals surface area contributed by atoms with Crippen molar-refractivity contribution in [3.63, 3.8) is 0 Å². The first-order valence-electron chi connectivity index (χ1n) is 2.89. The average Bonchev–Trinajstić information content (AvgIpc) is 1.82. The molecule has 0 aliphatic rings. The highest BCUT2D eigenvalue weighted by Crippen LogP contribution is 2.12. The van der Waals surface area contributed by atoms with Gasteiger partial charge in [-0.15, -0.1) is 0 Å². The molecule has 0 unspecified atom stereocenters. The lowest BCUT2D eigenvalue weighted by Crippen LogP contribution is -1.89. The third-order valence-electron chi connectivity index (χ3n) is 1.29. The van der Waals surface area contributed by atoms with Crippen LogP contribution < -0.4 is 0 Å². The SMILES string of the molecule is [CH2]c1c(F)cc(C)cc1F. The minimum Gasteiger partial charge on any atom is -0.207 e. The van der Waals surface area contributed by atoms with Crippen molar-refractivity contribution in [1.29, 1.82) is 0 Å². The van der Waals surface area contributed by atoms with Crippen molar-refractivity contribution in [2.24, 2.45) is 0 Å². The first kappa shape index (κ1) is 7.19. The van der Waals surface area contributed by atoms with Crippen molar-refractivity contribution in [1.82, 2.24) is 0 Å². The maximum Gasteiger partial charge on any atom is 0.129 e. The maximum atomic E-state index is 12.5. The zero-order chi connectivity index (χ0) is 7.72. The molecule has 0 nitrogen and oxygen atoms in total. The highest BCUT2D eigenvalue weighted by Gasteiger charge is 2.03. The minimum absolute atomic E-state index is 0.161. The van der Waals surface area contributed by atoms with Crippen molar-refractivity contribution in [2.45, 2.75) is 6.92 Å². The molecule has 0 fully saturated rings. The Labute approximate surface area is 58.5 Å². The number of hydrogen-bond acceptors (Lipinski definition) is 0. The summed E-state index contributed by atoms with van der Waals surface area (Å²) in [6.45, 7) is 4.84. The summed E-state index contributed by atoms with van der Waals surface area (Å²) in [7, 11) is 0. The monoisotopic (exact) mass is 141 g/mol. The Kier molecular flexibility index (Phi) is 1.70. The van der Waals surface area contributed by atoms with Crippen LogP contribution in [0.15, 0.2) is 12.1 Å². The fourth-order valence-corrected chi connectivity index (χ4v) is 0.730. The van der Waals surface area contributed by atoms with E-state index < -0.39 is 11.6 Å². The van der Waals surface area contributed by atoms with Crippen LogP contribution in [0.25, 0.3) is 0 Å². The van der Waals surface area contributed by atoms with E-state index in [9.17, 15) is 8.78 Å². The van der Waals surface area contributed by atoms with Gasteiger partial charge < -0.3 is 0 Å². The molecule has 0 bridgehead atoms. The molecule has 0 saturated carbocycles. The van der Waals surface area contributed by atoms with Gasteiger partial charge in [-0.3, -0.25) is 0 Å². The molecule has 0 heterocycles. The lowest BCUT2D eigenvalue weighted by atomic mass is 10.1. The molecular formula is C8H7F2. The average molecular weight is 141 g/mol. The number of hydrogen-bond donors (Lipinski definition) is 0. The van der Waals surface area contributed by atoms with E-state index in [-0.39, 0.29) is 5.56 Å². The summed E-state index contributed by atoms with van der Waals surface area (Å²) in [6.07, 6.45) is 0. The molecule has 0 aliphatic carbocycles. The molecule has 0 amide bonds. The summed E-state index contributed by atoms with van der Waals surface area (Å²) < 4.78 is 25.1. The van der Waals surface area contributed by atoms with E-state index in [1.54, 1.807) is 6.92 Å². The van der Waals surface area contributed by atoms with Crippen molar-refractivity contribution < 1.29 is 8.78 Å². The molecular weight excluding hydrogens is 134 g/mol. The molecule has 53 valence electrons. The molecule has 1 aromatic rings. The van der Waals surface area contributed by atoms with Gasteiger partial charge in [-0.1, -0.05) is 0 Å². The van der Waals surface area contributed by atoms with Gasteiger partial charge in [0, 0.05) is 5.56 Å². The number of halogens is 2. The van der Waals surface area contributed by atoms with Gasteiger partial charge in [0.05, 0.1) is 0 Å². The smallest absolute Gasteiger partial charge is 0.129 e. The largest absolute Gasteiger partial charge is 0.207 e. The highest BCUT2D eigenvalue weighted by atomic mass is 19.1. The van der Waals surface area contributed by atoms with Gasteiger partial charge in [-0.2, -0.15) is 0 Å². The summed E-state index contributed by atoms with van der Waals surface area (Å²) >= 11 is 0. The third-order valence-corrected chi connectivity index (χ3v) is 1.29. The molecule has 0 N–H and O–H groups in total. The second-order valence-corrected chi connectivity index (χ2v) is 2.21. The zero-order valence-corrected chi connectivity index (χ0v) is 5.62. The summed E-state index contributed by atoms with van der Waals surface area (Å²) in [6, 6.07) is 2.51. The van der Waals surface area contributed by atoms with Crippen LogP contribution in [0.2, 0.25) is 0 Å². The van der Waals surface area contributed by atoms with E-state index in [4.69, 9.17) is 0 Å². The van der Waals surface area contributed by atoms with Gasteiger partial charge in [-0.25, -0.2) is 8.78 Å². The normalized spacial score (nSPS) is 10.0. The molecule has 1 radical (unpaired) electrons. The quantitative estimate of drug-likeness (QED) is 0.520. The Hall–Kier alpha value is -0.920. The molecule has 0 spiro atoms. The fraction of sp³-hybridized carbons (Fsp3) is 0.125. The Morgan fingerprint density at radius 2 is 1.60 bits per heavy atom. The summed E-state index contributed by atoms with van der Waals surface area (Å²) in [5.41, 5.74) is 0.410. The topological polar surface area (TPSA) is 0 Å². The molecule has 0 aliphatic heterocycles. The third kappa shape index (κ3) is 1.15. The van der Waals surface area contributed by atoms with Gasteiger partial charge in [0.2, 0.25) is 0 Å². The summed E-state index contributed by atoms with van der Waals surface area (Å²) in [4.78, 5) is 0. The van der Waals surface area contributed by atoms with Gasteiger partial charge >= 0.3 is 0 Å². The van der Waals surface area contributed by atoms with Gasteiger partial charge in [-0.05, 0) is 31.5 Å². The Morgan fingerprint density at radius 3 is 2.00 bits per heavy atom. The predicted molar refractivity (Wildman–Crippen MR) is 35.6 cm³/mol. The van der Waals surface area contributed by atoms with Crippen LogP contribution >= 0.6 is 0 Å². The Morgan fingerprint density at radius 1 is 1.20 bits per heavy atom. The number of rotatable bonds is 0. The second kappa shape index (κ2) is 2.37. The number of aryl methyl sites for hydroxylation is 1. The highest BCUT2D eigenvalue weighted by molar-refractivity contribution is 5.26. The zero-order valence-electron chi connectivity index (χ0n) is 5.62. The minimum atomic E-state index is -0.586. The lowest BCUT2D eigenvalue weighted by Gasteiger charge is -1.98. The molecule has 2 heteroatoms. The van der Waals surface area contributed by atoms with E-state index in [1.807, 2.05) is 0 Å². The van der Waals surface area contributed by atoms with Crippen molar-refractivity contribution in [3.05, 3.63) is 41.8 Å². The summed E-state index contributed by atoms with van der Waals surface area (Å²) in [5, 5.41) is 0. The second-order valence-electron chi connectivity index (χ2n) is 2.21. The van der Waals surface area contributed by atoms with Crippen LogP contribution in [-0.2, 0) is 0 Å². The van der Waals surface area contributed by atoms with Crippen LogP contribution in [0.3, 0.4) is 0 Å². The first-order valence-corrected chi connectivity index (χ1v) is 2.89. The van der Waals surface area contributed by atoms with Crippen LogP contribution in [0.5, 0.6) is 0 Å². The van der Waals surface area contributed by atoms with Crippen molar-refractivity contribution in [3.8, 4) is 0 Å². The van der Waals surface area contributed by atoms with E-state index in [2.05, 4.69) is 6.92 Å². The van der Waals surface area contributed by atoms with Crippen LogP contribution in [0.4, 0.5) is 8.78 Å². The van der Waals surface area contributed by atoms with Crippen LogP contribution in [0.1, 0.15) is 11.1 Å². The molecule has 1 rings (SSSR count). The van der Waals surface area contributed by atoms with Crippen LogP contribution in [0, 0.1) is 25.5 Å². The van der Waals surface area contributed by atoms with E-state index in [0.29, 0.717) is 5.56 Å². The lowest BCUT2D eigenvalue weighted by molar-refractivity contribution is 0.573. The first-order chi connectivity index (χ1) is 4.61. The molecule has 10 heavy (non-hydrogen) atoms. The molecule has 0 saturated heterocycles. The Balaban J connectivity index is 3.31. The van der Waals surface area contributed by atoms with E-state index in [0.717, 1.165) is 0 Å². The standard InChI is InChI=1S/C8H7F2/c1-5-3-7(9)6(2)8(10)4-5/h3-4H,2H2,1H3. The maximum absolute atomic E-state index is 12.5. The van der Waals surface area contributed by atoms with Crippen molar-refractivity contribution >= 4 is 0 Å². The Bertz CT molecular complexity index is 230. The fourth-order valence-electron chi connectivity index (χ4n) is 0.730. The number of benzene rings is 1. The molecule has 0 atom stereocenters. The van der Waals surface area contributed by atoms with E-state index in [1.165, 1.54) is 12.1 Å². The van der Waals surface area contributed by atoms with Crippen molar-refractivity contribution in [2.75, 3.05) is 0 Å².